The smallest absolute Gasteiger partial charge is 0.257 e. The molecule has 0 saturated heterocycles. The van der Waals surface area contributed by atoms with Gasteiger partial charge in [-0.2, -0.15) is 0 Å². The van der Waals surface area contributed by atoms with Gasteiger partial charge in [-0.3, -0.25) is 9.59 Å². The molecule has 0 unspecified atom stereocenters. The molecule has 2 amide bonds. The van der Waals surface area contributed by atoms with E-state index in [2.05, 4.69) is 10.3 Å². The Bertz CT molecular complexity index is 853. The number of fused-ring (bicyclic) bond motifs is 1. The highest BCUT2D eigenvalue weighted by Crippen LogP contribution is 2.35. The number of anilines is 2. The van der Waals surface area contributed by atoms with Gasteiger partial charge < -0.3 is 20.7 Å². The number of rotatable bonds is 4. The van der Waals surface area contributed by atoms with Crippen molar-refractivity contribution in [3.63, 3.8) is 0 Å². The van der Waals surface area contributed by atoms with Gasteiger partial charge in [0.15, 0.2) is 5.75 Å². The summed E-state index contributed by atoms with van der Waals surface area (Å²) in [6.07, 6.45) is 0. The molecule has 2 aromatic rings. The van der Waals surface area contributed by atoms with Crippen LogP contribution in [0, 0.1) is 0 Å². The van der Waals surface area contributed by atoms with Crippen LogP contribution in [-0.2, 0) is 6.54 Å². The number of aromatic nitrogens is 1. The number of methoxy groups -OCH3 is 1. The average molecular weight is 347 g/mol. The van der Waals surface area contributed by atoms with E-state index in [-0.39, 0.29) is 16.6 Å². The van der Waals surface area contributed by atoms with E-state index in [1.54, 1.807) is 36.2 Å². The lowest BCUT2D eigenvalue weighted by Gasteiger charge is -2.15. The molecule has 0 bridgehead atoms. The Hall–Kier alpha value is -2.80. The Labute approximate surface area is 143 Å². The van der Waals surface area contributed by atoms with Crippen LogP contribution >= 0.6 is 11.6 Å². The molecule has 0 spiro atoms. The first kappa shape index (κ1) is 16.1. The van der Waals surface area contributed by atoms with Gasteiger partial charge in [0.1, 0.15) is 5.15 Å². The SMILES string of the molecule is COc1c(Nc2cc(Cl)nc3c2C(=O)N(C)C3)cccc1C(N)=O. The molecule has 1 aliphatic heterocycles. The minimum absolute atomic E-state index is 0.151. The minimum atomic E-state index is -0.607. The third kappa shape index (κ3) is 2.63. The fourth-order valence-corrected chi connectivity index (χ4v) is 2.91. The maximum absolute atomic E-state index is 12.3. The Morgan fingerprint density at radius 1 is 1.42 bits per heavy atom. The van der Waals surface area contributed by atoms with Crippen molar-refractivity contribution in [2.75, 3.05) is 19.5 Å². The molecule has 24 heavy (non-hydrogen) atoms. The van der Waals surface area contributed by atoms with Gasteiger partial charge in [0.05, 0.1) is 41.9 Å². The van der Waals surface area contributed by atoms with Crippen LogP contribution in [-0.4, -0.2) is 35.9 Å². The second-order valence-corrected chi connectivity index (χ2v) is 5.74. The molecule has 2 heterocycles. The first-order valence-corrected chi connectivity index (χ1v) is 7.49. The Kier molecular flexibility index (Phi) is 4.02. The number of carbonyl (C=O) groups is 2. The molecule has 3 N–H and O–H groups in total. The van der Waals surface area contributed by atoms with Crippen LogP contribution in [0.2, 0.25) is 5.15 Å². The summed E-state index contributed by atoms with van der Waals surface area (Å²) in [7, 11) is 3.13. The predicted molar refractivity (Wildman–Crippen MR) is 89.8 cm³/mol. The van der Waals surface area contributed by atoms with E-state index in [1.807, 2.05) is 0 Å². The lowest BCUT2D eigenvalue weighted by Crippen LogP contribution is -2.18. The molecular weight excluding hydrogens is 332 g/mol. The van der Waals surface area contributed by atoms with E-state index < -0.39 is 5.91 Å². The van der Waals surface area contributed by atoms with Crippen molar-refractivity contribution in [2.45, 2.75) is 6.54 Å². The number of nitrogens with one attached hydrogen (secondary N) is 1. The summed E-state index contributed by atoms with van der Waals surface area (Å²) in [5.74, 6) is -0.462. The van der Waals surface area contributed by atoms with E-state index in [1.165, 1.54) is 7.11 Å². The summed E-state index contributed by atoms with van der Waals surface area (Å²) >= 11 is 6.06. The van der Waals surface area contributed by atoms with E-state index in [4.69, 9.17) is 22.1 Å². The highest BCUT2D eigenvalue weighted by Gasteiger charge is 2.30. The first-order valence-electron chi connectivity index (χ1n) is 7.11. The van der Waals surface area contributed by atoms with Gasteiger partial charge in [0, 0.05) is 7.05 Å². The average Bonchev–Trinajstić information content (AvgIpc) is 2.81. The number of nitrogens with two attached hydrogens (primary N) is 1. The highest BCUT2D eigenvalue weighted by atomic mass is 35.5. The van der Waals surface area contributed by atoms with Crippen molar-refractivity contribution >= 4 is 34.8 Å². The zero-order chi connectivity index (χ0) is 17.4. The zero-order valence-electron chi connectivity index (χ0n) is 13.1. The van der Waals surface area contributed by atoms with Crippen LogP contribution in [0.5, 0.6) is 5.75 Å². The molecule has 0 aliphatic carbocycles. The maximum Gasteiger partial charge on any atom is 0.257 e. The second kappa shape index (κ2) is 6.01. The van der Waals surface area contributed by atoms with E-state index in [9.17, 15) is 9.59 Å². The van der Waals surface area contributed by atoms with Crippen LogP contribution in [0.1, 0.15) is 26.4 Å². The summed E-state index contributed by atoms with van der Waals surface area (Å²) in [5.41, 5.74) is 7.66. The van der Waals surface area contributed by atoms with Crippen LogP contribution in [0.25, 0.3) is 0 Å². The summed E-state index contributed by atoms with van der Waals surface area (Å²) in [5, 5.41) is 3.37. The lowest BCUT2D eigenvalue weighted by molar-refractivity contribution is 0.0816. The number of amides is 2. The highest BCUT2D eigenvalue weighted by molar-refractivity contribution is 6.30. The Balaban J connectivity index is 2.10. The van der Waals surface area contributed by atoms with Crippen LogP contribution in [0.3, 0.4) is 0 Å². The van der Waals surface area contributed by atoms with Gasteiger partial charge in [0.25, 0.3) is 11.8 Å². The standard InChI is InChI=1S/C16H15ClN4O3/c1-21-7-11-13(16(21)23)10(6-12(17)20-11)19-9-5-3-4-8(15(18)22)14(9)24-2/h3-6H,7H2,1-2H3,(H2,18,22)(H,19,20). The number of para-hydroxylation sites is 1. The predicted octanol–water partition coefficient (Wildman–Crippen LogP) is 2.17. The first-order chi connectivity index (χ1) is 11.4. The van der Waals surface area contributed by atoms with Gasteiger partial charge in [0.2, 0.25) is 0 Å². The molecule has 1 aromatic heterocycles. The molecule has 0 saturated carbocycles. The topological polar surface area (TPSA) is 97.6 Å². The minimum Gasteiger partial charge on any atom is -0.494 e. The normalized spacial score (nSPS) is 13.0. The molecular formula is C16H15ClN4O3. The van der Waals surface area contributed by atoms with Crippen molar-refractivity contribution in [3.8, 4) is 5.75 Å². The van der Waals surface area contributed by atoms with Crippen molar-refractivity contribution in [1.29, 1.82) is 0 Å². The van der Waals surface area contributed by atoms with Crippen molar-refractivity contribution in [3.05, 3.63) is 46.2 Å². The van der Waals surface area contributed by atoms with Gasteiger partial charge in [-0.25, -0.2) is 4.98 Å². The van der Waals surface area contributed by atoms with Crippen molar-refractivity contribution in [2.24, 2.45) is 5.73 Å². The molecule has 7 nitrogen and oxygen atoms in total. The molecule has 0 radical (unpaired) electrons. The van der Waals surface area contributed by atoms with E-state index in [0.29, 0.717) is 34.9 Å². The lowest BCUT2D eigenvalue weighted by atomic mass is 10.1. The number of pyridine rings is 1. The van der Waals surface area contributed by atoms with Gasteiger partial charge in [-0.15, -0.1) is 0 Å². The Morgan fingerprint density at radius 2 is 2.17 bits per heavy atom. The van der Waals surface area contributed by atoms with Gasteiger partial charge >= 0.3 is 0 Å². The van der Waals surface area contributed by atoms with Crippen molar-refractivity contribution < 1.29 is 14.3 Å². The molecule has 8 heteroatoms. The largest absolute Gasteiger partial charge is 0.494 e. The zero-order valence-corrected chi connectivity index (χ0v) is 13.8. The third-order valence-electron chi connectivity index (χ3n) is 3.76. The van der Waals surface area contributed by atoms with Crippen LogP contribution in [0.4, 0.5) is 11.4 Å². The summed E-state index contributed by atoms with van der Waals surface area (Å²) in [6.45, 7) is 0.391. The monoisotopic (exact) mass is 346 g/mol. The van der Waals surface area contributed by atoms with Crippen LogP contribution in [0.15, 0.2) is 24.3 Å². The number of hydrogen-bond donors (Lipinski definition) is 2. The summed E-state index contributed by atoms with van der Waals surface area (Å²) in [4.78, 5) is 29.6. The molecule has 0 fully saturated rings. The fraction of sp³-hybridized carbons (Fsp3) is 0.188. The third-order valence-corrected chi connectivity index (χ3v) is 3.96. The number of nitrogens with zero attached hydrogens (tertiary/aromatic N) is 2. The number of carbonyl (C=O) groups excluding carboxylic acids is 2. The summed E-state index contributed by atoms with van der Waals surface area (Å²) < 4.78 is 5.30. The maximum atomic E-state index is 12.3. The molecule has 124 valence electrons. The fourth-order valence-electron chi connectivity index (χ4n) is 2.70. The van der Waals surface area contributed by atoms with Crippen molar-refractivity contribution in [1.82, 2.24) is 9.88 Å². The van der Waals surface area contributed by atoms with E-state index in [0.717, 1.165) is 0 Å². The quantitative estimate of drug-likeness (QED) is 0.827. The number of primary amides is 1. The van der Waals surface area contributed by atoms with Gasteiger partial charge in [-0.05, 0) is 18.2 Å². The number of halogens is 1. The molecule has 3 rings (SSSR count). The molecule has 1 aliphatic rings. The second-order valence-electron chi connectivity index (χ2n) is 5.35. The van der Waals surface area contributed by atoms with Gasteiger partial charge in [-0.1, -0.05) is 17.7 Å². The summed E-state index contributed by atoms with van der Waals surface area (Å²) in [6, 6.07) is 6.51. The number of benzene rings is 1. The number of hydrogen-bond acceptors (Lipinski definition) is 5. The molecule has 0 atom stereocenters. The Morgan fingerprint density at radius 3 is 2.83 bits per heavy atom. The van der Waals surface area contributed by atoms with E-state index >= 15 is 0 Å². The van der Waals surface area contributed by atoms with Crippen LogP contribution < -0.4 is 15.8 Å². The molecule has 1 aromatic carbocycles. The number of ether oxygens (including phenoxy) is 1.